The molecule has 2 atom stereocenters. The van der Waals surface area contributed by atoms with Crippen LogP contribution in [0, 0.1) is 5.82 Å². The third-order valence-electron chi connectivity index (χ3n) is 7.21. The summed E-state index contributed by atoms with van der Waals surface area (Å²) in [5.74, 6) is -0.623. The highest BCUT2D eigenvalue weighted by Crippen LogP contribution is 2.53. The van der Waals surface area contributed by atoms with E-state index in [1.807, 2.05) is 0 Å². The molecule has 6 rings (SSSR count). The zero-order valence-electron chi connectivity index (χ0n) is 19.4. The molecule has 1 aliphatic carbocycles. The number of aliphatic hydroxyl groups excluding tert-OH is 1. The van der Waals surface area contributed by atoms with E-state index >= 15 is 0 Å². The Labute approximate surface area is 222 Å². The Morgan fingerprint density at radius 2 is 2.03 bits per heavy atom. The highest BCUT2D eigenvalue weighted by atomic mass is 35.5. The quantitative estimate of drug-likeness (QED) is 0.401. The lowest BCUT2D eigenvalue weighted by Gasteiger charge is -2.27. The first-order chi connectivity index (χ1) is 17.6. The van der Waals surface area contributed by atoms with Crippen molar-refractivity contribution in [1.82, 2.24) is 9.88 Å². The number of carbonyl (C=O) groups excluding carboxylic acids is 1. The summed E-state index contributed by atoms with van der Waals surface area (Å²) >= 11 is 7.78. The number of likely N-dealkylation sites (tertiary alicyclic amines) is 1. The molecule has 0 radical (unpaired) electrons. The van der Waals surface area contributed by atoms with Gasteiger partial charge in [-0.05, 0) is 54.7 Å². The molecule has 3 aliphatic rings. The molecule has 11 heteroatoms. The number of alkyl halides is 2. The van der Waals surface area contributed by atoms with Crippen LogP contribution >= 0.6 is 22.9 Å². The molecule has 2 aromatic carbocycles. The summed E-state index contributed by atoms with van der Waals surface area (Å²) in [6.45, 7) is 1.08. The summed E-state index contributed by atoms with van der Waals surface area (Å²) in [6.07, 6.45) is -0.560. The van der Waals surface area contributed by atoms with E-state index in [-0.39, 0.29) is 37.6 Å². The number of thiazole rings is 1. The monoisotopic (exact) mass is 554 g/mol. The van der Waals surface area contributed by atoms with Crippen LogP contribution in [0.5, 0.6) is 11.5 Å². The van der Waals surface area contributed by atoms with Crippen molar-refractivity contribution in [3.63, 3.8) is 0 Å². The maximum atomic E-state index is 13.7. The number of hydrogen-bond acceptors (Lipinski definition) is 7. The number of rotatable bonds is 7. The van der Waals surface area contributed by atoms with E-state index in [2.05, 4.69) is 19.4 Å². The number of hydrogen-bond donors (Lipinski definition) is 1. The lowest BCUT2D eigenvalue weighted by atomic mass is 9.89. The number of β-amino-alcohol motifs (C(OH)–C–C–N with tert-alkyl or cyclic N) is 1. The van der Waals surface area contributed by atoms with E-state index in [0.29, 0.717) is 48.5 Å². The molecule has 1 saturated heterocycles. The average Bonchev–Trinajstić information content (AvgIpc) is 3.16. The number of aliphatic hydroxyl groups is 1. The van der Waals surface area contributed by atoms with Crippen LogP contribution in [0.25, 0.3) is 0 Å². The molecule has 198 valence electrons. The molecule has 0 spiro atoms. The zero-order valence-corrected chi connectivity index (χ0v) is 21.0. The second-order valence-electron chi connectivity index (χ2n) is 9.67. The largest absolute Gasteiger partial charge is 0.586 e. The number of fused-ring (bicyclic) bond motifs is 1. The maximum Gasteiger partial charge on any atom is 0.586 e. The van der Waals surface area contributed by atoms with Gasteiger partial charge in [-0.15, -0.1) is 20.1 Å². The van der Waals surface area contributed by atoms with E-state index in [1.54, 1.807) is 18.3 Å². The lowest BCUT2D eigenvalue weighted by Crippen LogP contribution is -2.28. The van der Waals surface area contributed by atoms with Gasteiger partial charge in [-0.2, -0.15) is 0 Å². The molecule has 0 amide bonds. The molecular weight excluding hydrogens is 529 g/mol. The second kappa shape index (κ2) is 8.97. The van der Waals surface area contributed by atoms with Gasteiger partial charge in [0.05, 0.1) is 24.0 Å². The molecule has 0 bridgehead atoms. The summed E-state index contributed by atoms with van der Waals surface area (Å²) in [5, 5.41) is 11.0. The van der Waals surface area contributed by atoms with Gasteiger partial charge in [0, 0.05) is 32.0 Å². The Hall–Kier alpha value is -2.66. The van der Waals surface area contributed by atoms with Crippen LogP contribution in [-0.2, 0) is 16.6 Å². The summed E-state index contributed by atoms with van der Waals surface area (Å²) < 4.78 is 49.6. The molecular formula is C26H26ClF3N2O4S. The molecule has 1 N–H and O–H groups in total. The topological polar surface area (TPSA) is 71.9 Å². The van der Waals surface area contributed by atoms with E-state index in [0.717, 1.165) is 4.88 Å². The number of Topliss-reactive ketones (excluding diaryl/α,β-unsaturated/α-hetero) is 1. The lowest BCUT2D eigenvalue weighted by molar-refractivity contribution is -0.286. The second-order valence-corrected chi connectivity index (χ2v) is 11.2. The third kappa shape index (κ3) is 4.60. The Morgan fingerprint density at radius 1 is 1.24 bits per heavy atom. The van der Waals surface area contributed by atoms with Crippen molar-refractivity contribution < 1.29 is 35.4 Å². The number of halogens is 4. The van der Waals surface area contributed by atoms with Crippen LogP contribution in [0.15, 0.2) is 42.6 Å². The molecule has 1 saturated carbocycles. The van der Waals surface area contributed by atoms with Crippen LogP contribution in [-0.4, -0.2) is 46.3 Å². The fraction of sp³-hybridized carbons (Fsp3) is 0.385. The van der Waals surface area contributed by atoms with Crippen molar-refractivity contribution in [1.29, 1.82) is 0 Å². The van der Waals surface area contributed by atoms with Crippen molar-refractivity contribution in [2.24, 2.45) is 0 Å². The molecule has 3 aromatic rings. The van der Waals surface area contributed by atoms with Crippen LogP contribution in [0.1, 0.15) is 49.2 Å². The Bertz CT molecular complexity index is 1390. The SMILES string of the molecule is O=C(Cc1ncc([C@@H](c2ccc(F)cc2Cl)N2CC[C@@H](O)C2)s1)C1(c2ccc3c(c2)OC(F)(F)O3)CC1.[HH].[HH]. The van der Waals surface area contributed by atoms with Gasteiger partial charge in [0.2, 0.25) is 0 Å². The Morgan fingerprint density at radius 3 is 2.73 bits per heavy atom. The summed E-state index contributed by atoms with van der Waals surface area (Å²) in [7, 11) is 0. The summed E-state index contributed by atoms with van der Waals surface area (Å²) in [4.78, 5) is 20.8. The molecule has 37 heavy (non-hydrogen) atoms. The van der Waals surface area contributed by atoms with E-state index in [1.165, 1.54) is 35.6 Å². The highest BCUT2D eigenvalue weighted by Gasteiger charge is 2.52. The number of aromatic nitrogens is 1. The van der Waals surface area contributed by atoms with Gasteiger partial charge in [-0.1, -0.05) is 23.7 Å². The minimum atomic E-state index is -3.71. The predicted molar refractivity (Wildman–Crippen MR) is 134 cm³/mol. The predicted octanol–water partition coefficient (Wildman–Crippen LogP) is 5.75. The number of carbonyl (C=O) groups is 1. The van der Waals surface area contributed by atoms with Crippen LogP contribution in [0.2, 0.25) is 5.02 Å². The van der Waals surface area contributed by atoms with Gasteiger partial charge < -0.3 is 14.6 Å². The van der Waals surface area contributed by atoms with Gasteiger partial charge in [-0.25, -0.2) is 9.37 Å². The van der Waals surface area contributed by atoms with Crippen LogP contribution in [0.4, 0.5) is 13.2 Å². The molecule has 2 fully saturated rings. The fourth-order valence-corrected chi connectivity index (χ4v) is 6.54. The maximum absolute atomic E-state index is 13.7. The Kier molecular flexibility index (Phi) is 5.98. The van der Waals surface area contributed by atoms with Gasteiger partial charge in [0.1, 0.15) is 16.6 Å². The molecule has 6 nitrogen and oxygen atoms in total. The molecule has 2 aliphatic heterocycles. The van der Waals surface area contributed by atoms with Crippen molar-refractivity contribution in [3.8, 4) is 11.5 Å². The first kappa shape index (κ1) is 24.7. The summed E-state index contributed by atoms with van der Waals surface area (Å²) in [5.41, 5.74) is 0.562. The zero-order chi connectivity index (χ0) is 25.9. The van der Waals surface area contributed by atoms with Crippen molar-refractivity contribution in [2.45, 2.75) is 49.5 Å². The van der Waals surface area contributed by atoms with Gasteiger partial charge in [-0.3, -0.25) is 9.69 Å². The van der Waals surface area contributed by atoms with Crippen molar-refractivity contribution in [3.05, 3.63) is 74.4 Å². The van der Waals surface area contributed by atoms with E-state index < -0.39 is 23.6 Å². The summed E-state index contributed by atoms with van der Waals surface area (Å²) in [6, 6.07) is 8.41. The minimum Gasteiger partial charge on any atom is -0.395 e. The fourth-order valence-electron chi connectivity index (χ4n) is 5.20. The smallest absolute Gasteiger partial charge is 0.395 e. The highest BCUT2D eigenvalue weighted by molar-refractivity contribution is 7.11. The van der Waals surface area contributed by atoms with Crippen molar-refractivity contribution in [2.75, 3.05) is 13.1 Å². The normalized spacial score (nSPS) is 22.2. The first-order valence-corrected chi connectivity index (χ1v) is 13.1. The number of ketones is 1. The first-order valence-electron chi connectivity index (χ1n) is 11.9. The third-order valence-corrected chi connectivity index (χ3v) is 8.58. The van der Waals surface area contributed by atoms with Gasteiger partial charge in [0.15, 0.2) is 11.5 Å². The average molecular weight is 555 g/mol. The van der Waals surface area contributed by atoms with Gasteiger partial charge >= 0.3 is 6.29 Å². The minimum absolute atomic E-state index is 0. The number of nitrogens with zero attached hydrogens (tertiary/aromatic N) is 2. The van der Waals surface area contributed by atoms with E-state index in [4.69, 9.17) is 11.6 Å². The molecule has 0 unspecified atom stereocenters. The molecule has 3 heterocycles. The number of ether oxygens (including phenoxy) is 2. The Balaban J connectivity index is 0.00000176. The van der Waals surface area contributed by atoms with Crippen molar-refractivity contribution >= 4 is 28.7 Å². The standard InChI is InChI=1S/C26H22ClF3N2O4S.2H2/c27-18-10-15(28)2-3-17(18)24(32-8-5-16(33)13-32)21-12-31-23(37-21)11-22(34)25(6-7-25)14-1-4-19-20(9-14)36-26(29,30)35-19;;/h1-4,9-10,12,16,24,33H,5-8,11,13H2;2*1H/t16-,24-;;/m1../s1. The van der Waals surface area contributed by atoms with Crippen LogP contribution in [0.3, 0.4) is 0 Å². The van der Waals surface area contributed by atoms with Crippen LogP contribution < -0.4 is 9.47 Å². The van der Waals surface area contributed by atoms with Gasteiger partial charge in [0.25, 0.3) is 0 Å². The molecule has 1 aromatic heterocycles. The number of benzene rings is 2. The van der Waals surface area contributed by atoms with E-state index in [9.17, 15) is 23.1 Å².